The number of carbonyl (C=O) groups excluding carboxylic acids is 1. The van der Waals surface area contributed by atoms with Crippen LogP contribution < -0.4 is 4.74 Å². The summed E-state index contributed by atoms with van der Waals surface area (Å²) in [6.45, 7) is 5.71. The summed E-state index contributed by atoms with van der Waals surface area (Å²) in [4.78, 5) is 19.6. The first kappa shape index (κ1) is 23.1. The fraction of sp³-hybridized carbons (Fsp3) is 0.345. The summed E-state index contributed by atoms with van der Waals surface area (Å²) in [5, 5.41) is 6.44. The van der Waals surface area contributed by atoms with Crippen molar-refractivity contribution >= 4 is 16.7 Å². The number of aromatic nitrogens is 2. The predicted molar refractivity (Wildman–Crippen MR) is 135 cm³/mol. The van der Waals surface area contributed by atoms with Crippen LogP contribution in [0.25, 0.3) is 10.8 Å². The molecule has 35 heavy (non-hydrogen) atoms. The molecule has 1 saturated heterocycles. The van der Waals surface area contributed by atoms with Gasteiger partial charge in [-0.2, -0.15) is 0 Å². The number of hydrogen-bond acceptors (Lipinski definition) is 5. The van der Waals surface area contributed by atoms with Crippen LogP contribution in [0.4, 0.5) is 0 Å². The number of carbonyl (C=O) groups is 1. The summed E-state index contributed by atoms with van der Waals surface area (Å²) in [5.74, 6) is 2.06. The van der Waals surface area contributed by atoms with E-state index in [9.17, 15) is 4.79 Å². The lowest BCUT2D eigenvalue weighted by Crippen LogP contribution is -2.32. The minimum atomic E-state index is 0.0720. The van der Waals surface area contributed by atoms with E-state index in [0.717, 1.165) is 55.8 Å². The molecular formula is C29H31N3O3. The lowest BCUT2D eigenvalue weighted by atomic mass is 9.91. The van der Waals surface area contributed by atoms with Crippen LogP contribution in [-0.2, 0) is 13.0 Å². The van der Waals surface area contributed by atoms with Gasteiger partial charge < -0.3 is 14.2 Å². The van der Waals surface area contributed by atoms with Gasteiger partial charge in [0.1, 0.15) is 18.1 Å². The number of amides is 1. The highest BCUT2D eigenvalue weighted by atomic mass is 16.5. The van der Waals surface area contributed by atoms with Crippen molar-refractivity contribution in [3.63, 3.8) is 0 Å². The highest BCUT2D eigenvalue weighted by Gasteiger charge is 2.23. The average molecular weight is 470 g/mol. The molecule has 5 rings (SSSR count). The average Bonchev–Trinajstić information content (AvgIpc) is 3.06. The zero-order chi connectivity index (χ0) is 24.2. The Labute approximate surface area is 205 Å². The molecule has 1 aliphatic rings. The second-order valence-corrected chi connectivity index (χ2v) is 9.43. The Balaban J connectivity index is 1.22. The van der Waals surface area contributed by atoms with Gasteiger partial charge in [0.15, 0.2) is 0 Å². The fourth-order valence-corrected chi connectivity index (χ4v) is 5.00. The highest BCUT2D eigenvalue weighted by Crippen LogP contribution is 2.27. The van der Waals surface area contributed by atoms with Crippen LogP contribution in [0.1, 0.15) is 52.2 Å². The summed E-state index contributed by atoms with van der Waals surface area (Å²) in [7, 11) is 0. The number of fused-ring (bicyclic) bond motifs is 1. The van der Waals surface area contributed by atoms with Gasteiger partial charge in [0.25, 0.3) is 5.91 Å². The summed E-state index contributed by atoms with van der Waals surface area (Å²) in [6.07, 6.45) is 7.99. The van der Waals surface area contributed by atoms with Gasteiger partial charge in [-0.3, -0.25) is 9.78 Å². The Morgan fingerprint density at radius 1 is 1.11 bits per heavy atom. The zero-order valence-corrected chi connectivity index (χ0v) is 20.4. The molecule has 1 atom stereocenters. The SMILES string of the molecule is Cc1noc(C)c1COc1cccc(C(=O)N2CCC[C@@H](Cc3cccc4ccncc34)CC2)c1. The van der Waals surface area contributed by atoms with E-state index >= 15 is 0 Å². The molecule has 1 amide bonds. The molecule has 2 aromatic heterocycles. The van der Waals surface area contributed by atoms with E-state index in [1.807, 2.05) is 55.4 Å². The van der Waals surface area contributed by atoms with E-state index in [0.29, 0.717) is 23.8 Å². The lowest BCUT2D eigenvalue weighted by Gasteiger charge is -2.21. The van der Waals surface area contributed by atoms with Crippen molar-refractivity contribution in [2.75, 3.05) is 13.1 Å². The lowest BCUT2D eigenvalue weighted by molar-refractivity contribution is 0.0759. The number of rotatable bonds is 6. The van der Waals surface area contributed by atoms with Crippen LogP contribution in [0.3, 0.4) is 0 Å². The molecule has 0 saturated carbocycles. The Morgan fingerprint density at radius 3 is 2.86 bits per heavy atom. The van der Waals surface area contributed by atoms with Gasteiger partial charge in [-0.15, -0.1) is 0 Å². The zero-order valence-electron chi connectivity index (χ0n) is 20.4. The summed E-state index contributed by atoms with van der Waals surface area (Å²) >= 11 is 0. The van der Waals surface area contributed by atoms with Crippen LogP contribution in [-0.4, -0.2) is 34.0 Å². The largest absolute Gasteiger partial charge is 0.489 e. The summed E-state index contributed by atoms with van der Waals surface area (Å²) < 4.78 is 11.2. The minimum Gasteiger partial charge on any atom is -0.489 e. The van der Waals surface area contributed by atoms with Crippen LogP contribution in [0, 0.1) is 19.8 Å². The first-order valence-electron chi connectivity index (χ1n) is 12.3. The van der Waals surface area contributed by atoms with Crippen LogP contribution in [0.15, 0.2) is 65.4 Å². The first-order valence-corrected chi connectivity index (χ1v) is 12.3. The van der Waals surface area contributed by atoms with Crippen molar-refractivity contribution in [1.29, 1.82) is 0 Å². The molecule has 2 aromatic carbocycles. The second kappa shape index (κ2) is 10.3. The van der Waals surface area contributed by atoms with E-state index in [-0.39, 0.29) is 5.91 Å². The maximum Gasteiger partial charge on any atom is 0.253 e. The fourth-order valence-electron chi connectivity index (χ4n) is 5.00. The van der Waals surface area contributed by atoms with Crippen molar-refractivity contribution in [2.45, 2.75) is 46.1 Å². The topological polar surface area (TPSA) is 68.5 Å². The third kappa shape index (κ3) is 5.21. The molecule has 0 bridgehead atoms. The summed E-state index contributed by atoms with van der Waals surface area (Å²) in [6, 6.07) is 16.0. The molecule has 0 N–H and O–H groups in total. The number of hydrogen-bond donors (Lipinski definition) is 0. The Kier molecular flexibility index (Phi) is 6.80. The number of pyridine rings is 1. The van der Waals surface area contributed by atoms with Gasteiger partial charge in [-0.25, -0.2) is 0 Å². The monoisotopic (exact) mass is 469 g/mol. The quantitative estimate of drug-likeness (QED) is 0.351. The van der Waals surface area contributed by atoms with Crippen molar-refractivity contribution in [2.24, 2.45) is 5.92 Å². The Morgan fingerprint density at radius 2 is 2.00 bits per heavy atom. The van der Waals surface area contributed by atoms with Crippen molar-refractivity contribution in [3.05, 3.63) is 89.1 Å². The van der Waals surface area contributed by atoms with Gasteiger partial charge in [-0.05, 0) is 80.7 Å². The number of ether oxygens (including phenoxy) is 1. The van der Waals surface area contributed by atoms with Gasteiger partial charge in [0.05, 0.1) is 11.3 Å². The van der Waals surface area contributed by atoms with Crippen LogP contribution in [0.2, 0.25) is 0 Å². The molecule has 1 fully saturated rings. The molecule has 0 unspecified atom stereocenters. The Bertz CT molecular complexity index is 1310. The van der Waals surface area contributed by atoms with E-state index < -0.39 is 0 Å². The van der Waals surface area contributed by atoms with Crippen molar-refractivity contribution in [1.82, 2.24) is 15.0 Å². The van der Waals surface area contributed by atoms with Gasteiger partial charge >= 0.3 is 0 Å². The standard InChI is InChI=1S/C29H31N3O3/c1-20-28(21(2)35-31-20)19-34-26-10-4-9-25(17-26)29(33)32-14-5-6-22(12-15-32)16-24-8-3-7-23-11-13-30-18-27(23)24/h3-4,7-11,13,17-18,22H,5-6,12,14-16,19H2,1-2H3/t22-/m1/s1. The molecule has 180 valence electrons. The molecule has 3 heterocycles. The molecular weight excluding hydrogens is 438 g/mol. The molecule has 6 heteroatoms. The number of aryl methyl sites for hydroxylation is 2. The molecule has 0 aliphatic carbocycles. The van der Waals surface area contributed by atoms with Gasteiger partial charge in [0.2, 0.25) is 0 Å². The smallest absolute Gasteiger partial charge is 0.253 e. The third-order valence-corrected chi connectivity index (χ3v) is 7.06. The van der Waals surface area contributed by atoms with E-state index in [2.05, 4.69) is 34.4 Å². The van der Waals surface area contributed by atoms with Crippen LogP contribution >= 0.6 is 0 Å². The molecule has 1 aliphatic heterocycles. The van der Waals surface area contributed by atoms with E-state index in [4.69, 9.17) is 9.26 Å². The third-order valence-electron chi connectivity index (χ3n) is 7.06. The Hall–Kier alpha value is -3.67. The van der Waals surface area contributed by atoms with Crippen LogP contribution in [0.5, 0.6) is 5.75 Å². The van der Waals surface area contributed by atoms with Crippen molar-refractivity contribution < 1.29 is 14.1 Å². The molecule has 4 aromatic rings. The molecule has 6 nitrogen and oxygen atoms in total. The number of benzene rings is 2. The minimum absolute atomic E-state index is 0.0720. The molecule has 0 radical (unpaired) electrons. The second-order valence-electron chi connectivity index (χ2n) is 9.43. The molecule has 0 spiro atoms. The maximum absolute atomic E-state index is 13.3. The van der Waals surface area contributed by atoms with E-state index in [1.54, 1.807) is 0 Å². The normalized spacial score (nSPS) is 16.3. The number of likely N-dealkylation sites (tertiary alicyclic amines) is 1. The highest BCUT2D eigenvalue weighted by molar-refractivity contribution is 5.94. The van der Waals surface area contributed by atoms with E-state index in [1.165, 1.54) is 16.3 Å². The van der Waals surface area contributed by atoms with Crippen molar-refractivity contribution in [3.8, 4) is 5.75 Å². The predicted octanol–water partition coefficient (Wildman–Crippen LogP) is 5.90. The number of nitrogens with zero attached hydrogens (tertiary/aromatic N) is 3. The maximum atomic E-state index is 13.3. The summed E-state index contributed by atoms with van der Waals surface area (Å²) in [5.41, 5.74) is 3.79. The van der Waals surface area contributed by atoms with Gasteiger partial charge in [-0.1, -0.05) is 29.4 Å². The first-order chi connectivity index (χ1) is 17.1. The van der Waals surface area contributed by atoms with Gasteiger partial charge in [0, 0.05) is 36.4 Å².